The Balaban J connectivity index is 1.99. The van der Waals surface area contributed by atoms with E-state index in [0.29, 0.717) is 22.3 Å². The van der Waals surface area contributed by atoms with Gasteiger partial charge in [-0.15, -0.1) is 0 Å². The minimum absolute atomic E-state index is 0.230. The molecule has 0 fully saturated rings. The molecule has 2 aromatic rings. The van der Waals surface area contributed by atoms with Crippen molar-refractivity contribution in [1.82, 2.24) is 0 Å². The molecule has 0 saturated carbocycles. The second-order valence-electron chi connectivity index (χ2n) is 4.85. The first-order valence-electron chi connectivity index (χ1n) is 6.95. The fourth-order valence-corrected chi connectivity index (χ4v) is 2.39. The number of nitrogens with one attached hydrogen (secondary N) is 1. The SMILES string of the molecule is O=C(/C=C/c1cccc(C(F)(F)F)c1)Nc1ccc(SC(F)F)cc1. The monoisotopic (exact) mass is 373 g/mol. The zero-order valence-electron chi connectivity index (χ0n) is 12.6. The molecule has 8 heteroatoms. The maximum atomic E-state index is 12.6. The third-order valence-corrected chi connectivity index (χ3v) is 3.71. The maximum Gasteiger partial charge on any atom is 0.416 e. The number of carbonyl (C=O) groups excluding carboxylic acids is 1. The molecule has 0 radical (unpaired) electrons. The molecule has 2 rings (SSSR count). The molecule has 1 amide bonds. The molecule has 2 aromatic carbocycles. The van der Waals surface area contributed by atoms with Gasteiger partial charge in [-0.25, -0.2) is 0 Å². The Morgan fingerprint density at radius 3 is 2.36 bits per heavy atom. The van der Waals surface area contributed by atoms with Crippen LogP contribution in [-0.2, 0) is 11.0 Å². The van der Waals surface area contributed by atoms with Crippen molar-refractivity contribution in [2.75, 3.05) is 5.32 Å². The zero-order chi connectivity index (χ0) is 18.4. The molecule has 0 spiro atoms. The van der Waals surface area contributed by atoms with Gasteiger partial charge in [0.05, 0.1) is 5.56 Å². The molecule has 132 valence electrons. The lowest BCUT2D eigenvalue weighted by Gasteiger charge is -2.07. The number of carbonyl (C=O) groups is 1. The van der Waals surface area contributed by atoms with Crippen LogP contribution in [0, 0.1) is 0 Å². The Labute approximate surface area is 144 Å². The summed E-state index contributed by atoms with van der Waals surface area (Å²) in [6.45, 7) is 0. The quantitative estimate of drug-likeness (QED) is 0.416. The van der Waals surface area contributed by atoms with E-state index in [-0.39, 0.29) is 5.56 Å². The van der Waals surface area contributed by atoms with E-state index in [1.807, 2.05) is 0 Å². The van der Waals surface area contributed by atoms with Crippen LogP contribution in [0.1, 0.15) is 11.1 Å². The number of hydrogen-bond acceptors (Lipinski definition) is 2. The number of halogens is 5. The van der Waals surface area contributed by atoms with Gasteiger partial charge in [-0.1, -0.05) is 23.9 Å². The lowest BCUT2D eigenvalue weighted by atomic mass is 10.1. The summed E-state index contributed by atoms with van der Waals surface area (Å²) in [4.78, 5) is 12.1. The van der Waals surface area contributed by atoms with Crippen molar-refractivity contribution in [3.8, 4) is 0 Å². The minimum Gasteiger partial charge on any atom is -0.323 e. The van der Waals surface area contributed by atoms with Crippen LogP contribution in [0.2, 0.25) is 0 Å². The van der Waals surface area contributed by atoms with Gasteiger partial charge in [0.25, 0.3) is 5.76 Å². The molecule has 0 saturated heterocycles. The van der Waals surface area contributed by atoms with E-state index in [2.05, 4.69) is 5.32 Å². The molecule has 1 N–H and O–H groups in total. The van der Waals surface area contributed by atoms with E-state index in [9.17, 15) is 26.7 Å². The Hall–Kier alpha value is -2.35. The highest BCUT2D eigenvalue weighted by atomic mass is 32.2. The van der Waals surface area contributed by atoms with Crippen molar-refractivity contribution >= 4 is 29.4 Å². The van der Waals surface area contributed by atoms with Gasteiger partial charge in [0.15, 0.2) is 0 Å². The third-order valence-electron chi connectivity index (χ3n) is 2.99. The number of rotatable bonds is 5. The lowest BCUT2D eigenvalue weighted by Crippen LogP contribution is -2.07. The molecule has 0 heterocycles. The first-order chi connectivity index (χ1) is 11.7. The molecule has 25 heavy (non-hydrogen) atoms. The van der Waals surface area contributed by atoms with Crippen LogP contribution in [0.3, 0.4) is 0 Å². The first-order valence-corrected chi connectivity index (χ1v) is 7.83. The summed E-state index contributed by atoms with van der Waals surface area (Å²) in [5, 5.41) is 2.49. The van der Waals surface area contributed by atoms with Crippen LogP contribution in [0.5, 0.6) is 0 Å². The molecule has 2 nitrogen and oxygen atoms in total. The van der Waals surface area contributed by atoms with Crippen LogP contribution in [0.4, 0.5) is 27.6 Å². The number of benzene rings is 2. The van der Waals surface area contributed by atoms with Crippen molar-refractivity contribution < 1.29 is 26.7 Å². The smallest absolute Gasteiger partial charge is 0.323 e. The number of hydrogen-bond donors (Lipinski definition) is 1. The van der Waals surface area contributed by atoms with E-state index in [4.69, 9.17) is 0 Å². The van der Waals surface area contributed by atoms with Crippen LogP contribution >= 0.6 is 11.8 Å². The lowest BCUT2D eigenvalue weighted by molar-refractivity contribution is -0.137. The highest BCUT2D eigenvalue weighted by Gasteiger charge is 2.30. The van der Waals surface area contributed by atoms with Gasteiger partial charge in [0, 0.05) is 16.7 Å². The number of amides is 1. The number of alkyl halides is 5. The molecule has 0 aliphatic heterocycles. The largest absolute Gasteiger partial charge is 0.416 e. The number of anilines is 1. The first kappa shape index (κ1) is 19.0. The molecule has 0 aromatic heterocycles. The van der Waals surface area contributed by atoms with Gasteiger partial charge in [-0.3, -0.25) is 4.79 Å². The Morgan fingerprint density at radius 1 is 1.08 bits per heavy atom. The van der Waals surface area contributed by atoms with Gasteiger partial charge in [0.1, 0.15) is 0 Å². The van der Waals surface area contributed by atoms with Gasteiger partial charge in [0.2, 0.25) is 5.91 Å². The van der Waals surface area contributed by atoms with Crippen molar-refractivity contribution in [1.29, 1.82) is 0 Å². The van der Waals surface area contributed by atoms with E-state index in [0.717, 1.165) is 18.2 Å². The van der Waals surface area contributed by atoms with Crippen LogP contribution in [0.25, 0.3) is 6.08 Å². The van der Waals surface area contributed by atoms with Crippen molar-refractivity contribution in [2.24, 2.45) is 0 Å². The fraction of sp³-hybridized carbons (Fsp3) is 0.118. The molecule has 0 unspecified atom stereocenters. The van der Waals surface area contributed by atoms with E-state index >= 15 is 0 Å². The van der Waals surface area contributed by atoms with Gasteiger partial charge in [-0.2, -0.15) is 22.0 Å². The van der Waals surface area contributed by atoms with Crippen LogP contribution in [-0.4, -0.2) is 11.7 Å². The zero-order valence-corrected chi connectivity index (χ0v) is 13.4. The van der Waals surface area contributed by atoms with Gasteiger partial charge in [-0.05, 0) is 48.0 Å². The minimum atomic E-state index is -4.45. The summed E-state index contributed by atoms with van der Waals surface area (Å²) in [6.07, 6.45) is -2.10. The molecular weight excluding hydrogens is 361 g/mol. The second kappa shape index (κ2) is 8.15. The highest BCUT2D eigenvalue weighted by Crippen LogP contribution is 2.30. The van der Waals surface area contributed by atoms with E-state index in [1.165, 1.54) is 42.5 Å². The molecule has 0 bridgehead atoms. The highest BCUT2D eigenvalue weighted by molar-refractivity contribution is 7.99. The Morgan fingerprint density at radius 2 is 1.76 bits per heavy atom. The molecule has 0 aliphatic carbocycles. The van der Waals surface area contributed by atoms with E-state index in [1.54, 1.807) is 0 Å². The summed E-state index contributed by atoms with van der Waals surface area (Å²) >= 11 is 0.385. The van der Waals surface area contributed by atoms with Gasteiger partial charge >= 0.3 is 6.18 Å². The standard InChI is InChI=1S/C17H12F5NOS/c18-16(19)25-14-7-5-13(6-8-14)23-15(24)9-4-11-2-1-3-12(10-11)17(20,21)22/h1-10,16H,(H,23,24)/b9-4+. The summed E-state index contributed by atoms with van der Waals surface area (Å²) in [7, 11) is 0. The average Bonchev–Trinajstić information content (AvgIpc) is 2.54. The molecular formula is C17H12F5NOS. The fourth-order valence-electron chi connectivity index (χ4n) is 1.89. The van der Waals surface area contributed by atoms with Crippen LogP contribution in [0.15, 0.2) is 59.5 Å². The summed E-state index contributed by atoms with van der Waals surface area (Å²) in [5.41, 5.74) is -0.187. The van der Waals surface area contributed by atoms with Crippen molar-refractivity contribution in [3.05, 3.63) is 65.7 Å². The van der Waals surface area contributed by atoms with Gasteiger partial charge < -0.3 is 5.32 Å². The summed E-state index contributed by atoms with van der Waals surface area (Å²) in [6, 6.07) is 10.3. The second-order valence-corrected chi connectivity index (χ2v) is 5.91. The van der Waals surface area contributed by atoms with Crippen molar-refractivity contribution in [3.63, 3.8) is 0 Å². The third kappa shape index (κ3) is 6.22. The van der Waals surface area contributed by atoms with Crippen LogP contribution < -0.4 is 5.32 Å². The average molecular weight is 373 g/mol. The maximum absolute atomic E-state index is 12.6. The summed E-state index contributed by atoms with van der Waals surface area (Å²) in [5.74, 6) is -3.08. The predicted octanol–water partition coefficient (Wildman–Crippen LogP) is 5.67. The van der Waals surface area contributed by atoms with Crippen molar-refractivity contribution in [2.45, 2.75) is 16.8 Å². The normalized spacial score (nSPS) is 11.9. The Kier molecular flexibility index (Phi) is 6.19. The molecule has 0 atom stereocenters. The molecule has 0 aliphatic rings. The van der Waals surface area contributed by atoms with E-state index < -0.39 is 23.4 Å². The predicted molar refractivity (Wildman–Crippen MR) is 87.4 cm³/mol. The summed E-state index contributed by atoms with van der Waals surface area (Å²) < 4.78 is 62.3. The number of thioether (sulfide) groups is 1. The topological polar surface area (TPSA) is 29.1 Å². The Bertz CT molecular complexity index is 756.